The Labute approximate surface area is 161 Å². The molecular formula is C19H28ClN3O3. The molecule has 2 aliphatic rings. The Balaban J connectivity index is 0.00000243. The number of hydrogen-bond donors (Lipinski definition) is 1. The molecule has 0 bridgehead atoms. The molecule has 1 aromatic rings. The lowest BCUT2D eigenvalue weighted by Gasteiger charge is -2.34. The molecule has 0 saturated carbocycles. The van der Waals surface area contributed by atoms with Crippen LogP contribution < -0.4 is 10.1 Å². The van der Waals surface area contributed by atoms with Crippen LogP contribution in [0.4, 0.5) is 0 Å². The third-order valence-electron chi connectivity index (χ3n) is 4.88. The predicted octanol–water partition coefficient (Wildman–Crippen LogP) is 1.55. The van der Waals surface area contributed by atoms with E-state index in [-0.39, 0.29) is 36.7 Å². The molecule has 0 aromatic heterocycles. The second-order valence-corrected chi connectivity index (χ2v) is 6.71. The summed E-state index contributed by atoms with van der Waals surface area (Å²) >= 11 is 0. The lowest BCUT2D eigenvalue weighted by molar-refractivity contribution is -0.141. The molecule has 2 fully saturated rings. The molecule has 1 unspecified atom stereocenters. The summed E-state index contributed by atoms with van der Waals surface area (Å²) in [5, 5.41) is 3.32. The van der Waals surface area contributed by atoms with Crippen molar-refractivity contribution in [3.05, 3.63) is 30.3 Å². The van der Waals surface area contributed by atoms with Crippen LogP contribution in [0.2, 0.25) is 0 Å². The van der Waals surface area contributed by atoms with Gasteiger partial charge in [-0.1, -0.05) is 18.2 Å². The van der Waals surface area contributed by atoms with Crippen LogP contribution in [0, 0.1) is 5.92 Å². The summed E-state index contributed by atoms with van der Waals surface area (Å²) in [5.74, 6) is 0.772. The highest BCUT2D eigenvalue weighted by Crippen LogP contribution is 2.20. The molecule has 3 rings (SSSR count). The van der Waals surface area contributed by atoms with Gasteiger partial charge in [0.25, 0.3) is 5.91 Å². The molecule has 0 radical (unpaired) electrons. The minimum Gasteiger partial charge on any atom is -0.484 e. The summed E-state index contributed by atoms with van der Waals surface area (Å²) in [6.45, 7) is 4.65. The molecule has 144 valence electrons. The van der Waals surface area contributed by atoms with Crippen molar-refractivity contribution in [3.63, 3.8) is 0 Å². The van der Waals surface area contributed by atoms with Crippen molar-refractivity contribution in [2.75, 3.05) is 45.9 Å². The zero-order chi connectivity index (χ0) is 17.5. The van der Waals surface area contributed by atoms with Gasteiger partial charge in [0.15, 0.2) is 6.61 Å². The smallest absolute Gasteiger partial charge is 0.260 e. The fourth-order valence-corrected chi connectivity index (χ4v) is 3.48. The van der Waals surface area contributed by atoms with Gasteiger partial charge in [-0.3, -0.25) is 9.59 Å². The van der Waals surface area contributed by atoms with Crippen LogP contribution in [-0.4, -0.2) is 67.5 Å². The molecule has 0 aliphatic carbocycles. The molecule has 2 heterocycles. The summed E-state index contributed by atoms with van der Waals surface area (Å²) in [7, 11) is 0. The lowest BCUT2D eigenvalue weighted by Crippen LogP contribution is -2.48. The highest BCUT2D eigenvalue weighted by atomic mass is 35.5. The first-order valence-electron chi connectivity index (χ1n) is 9.19. The number of nitrogens with one attached hydrogen (secondary N) is 1. The SMILES string of the molecule is Cl.O=C(COc1ccccc1)N1CCCC(C(=O)N2CCCNCC2)C1. The van der Waals surface area contributed by atoms with Crippen LogP contribution in [0.1, 0.15) is 19.3 Å². The van der Waals surface area contributed by atoms with Crippen LogP contribution >= 0.6 is 12.4 Å². The first kappa shape index (κ1) is 20.5. The largest absolute Gasteiger partial charge is 0.484 e. The van der Waals surface area contributed by atoms with Crippen molar-refractivity contribution in [2.24, 2.45) is 5.92 Å². The van der Waals surface area contributed by atoms with Crippen LogP contribution in [0.25, 0.3) is 0 Å². The van der Waals surface area contributed by atoms with Gasteiger partial charge in [-0.05, 0) is 37.9 Å². The zero-order valence-electron chi connectivity index (χ0n) is 15.1. The topological polar surface area (TPSA) is 61.9 Å². The molecule has 7 heteroatoms. The van der Waals surface area contributed by atoms with Gasteiger partial charge in [-0.25, -0.2) is 0 Å². The van der Waals surface area contributed by atoms with E-state index in [1.165, 1.54) is 0 Å². The summed E-state index contributed by atoms with van der Waals surface area (Å²) < 4.78 is 5.55. The number of rotatable bonds is 4. The number of para-hydroxylation sites is 1. The molecule has 1 atom stereocenters. The van der Waals surface area contributed by atoms with Gasteiger partial charge >= 0.3 is 0 Å². The van der Waals surface area contributed by atoms with Crippen LogP contribution in [0.3, 0.4) is 0 Å². The second-order valence-electron chi connectivity index (χ2n) is 6.71. The predicted molar refractivity (Wildman–Crippen MR) is 103 cm³/mol. The number of piperidine rings is 1. The average molecular weight is 382 g/mol. The average Bonchev–Trinajstić information content (AvgIpc) is 2.96. The van der Waals surface area contributed by atoms with Gasteiger partial charge < -0.3 is 19.9 Å². The normalized spacial score (nSPS) is 20.7. The van der Waals surface area contributed by atoms with E-state index in [0.717, 1.165) is 45.4 Å². The molecule has 1 N–H and O–H groups in total. The van der Waals surface area contributed by atoms with Gasteiger partial charge in [0.1, 0.15) is 5.75 Å². The number of nitrogens with zero attached hydrogens (tertiary/aromatic N) is 2. The van der Waals surface area contributed by atoms with Crippen molar-refractivity contribution in [1.29, 1.82) is 0 Å². The number of carbonyl (C=O) groups is 2. The Morgan fingerprint density at radius 3 is 2.62 bits per heavy atom. The number of halogens is 1. The van der Waals surface area contributed by atoms with Gasteiger partial charge in [-0.15, -0.1) is 12.4 Å². The first-order chi connectivity index (χ1) is 12.2. The van der Waals surface area contributed by atoms with Gasteiger partial charge in [-0.2, -0.15) is 0 Å². The van der Waals surface area contributed by atoms with Crippen molar-refractivity contribution in [3.8, 4) is 5.75 Å². The minimum atomic E-state index is -0.0764. The fraction of sp³-hybridized carbons (Fsp3) is 0.579. The molecule has 26 heavy (non-hydrogen) atoms. The van der Waals surface area contributed by atoms with Gasteiger partial charge in [0, 0.05) is 32.7 Å². The number of ether oxygens (including phenoxy) is 1. The summed E-state index contributed by atoms with van der Waals surface area (Å²) in [5.41, 5.74) is 0. The Morgan fingerprint density at radius 1 is 1.04 bits per heavy atom. The van der Waals surface area contributed by atoms with E-state index in [4.69, 9.17) is 4.74 Å². The van der Waals surface area contributed by atoms with E-state index >= 15 is 0 Å². The summed E-state index contributed by atoms with van der Waals surface area (Å²) in [6, 6.07) is 9.34. The monoisotopic (exact) mass is 381 g/mol. The maximum Gasteiger partial charge on any atom is 0.260 e. The quantitative estimate of drug-likeness (QED) is 0.859. The van der Waals surface area contributed by atoms with E-state index in [0.29, 0.717) is 18.8 Å². The summed E-state index contributed by atoms with van der Waals surface area (Å²) in [4.78, 5) is 29.0. The zero-order valence-corrected chi connectivity index (χ0v) is 15.9. The fourth-order valence-electron chi connectivity index (χ4n) is 3.48. The molecule has 2 saturated heterocycles. The van der Waals surface area contributed by atoms with E-state index in [2.05, 4.69) is 5.32 Å². The van der Waals surface area contributed by atoms with Gasteiger partial charge in [0.05, 0.1) is 5.92 Å². The lowest BCUT2D eigenvalue weighted by atomic mass is 9.96. The van der Waals surface area contributed by atoms with E-state index in [1.54, 1.807) is 4.90 Å². The van der Waals surface area contributed by atoms with Crippen LogP contribution in [-0.2, 0) is 9.59 Å². The van der Waals surface area contributed by atoms with E-state index in [1.807, 2.05) is 35.2 Å². The Hall–Kier alpha value is -1.79. The van der Waals surface area contributed by atoms with Crippen molar-refractivity contribution < 1.29 is 14.3 Å². The molecule has 2 aliphatic heterocycles. The number of amides is 2. The molecular weight excluding hydrogens is 354 g/mol. The van der Waals surface area contributed by atoms with Crippen LogP contribution in [0.5, 0.6) is 5.75 Å². The van der Waals surface area contributed by atoms with Gasteiger partial charge in [0.2, 0.25) is 5.91 Å². The molecule has 0 spiro atoms. The second kappa shape index (κ2) is 10.4. The maximum atomic E-state index is 12.8. The first-order valence-corrected chi connectivity index (χ1v) is 9.19. The Morgan fingerprint density at radius 2 is 1.81 bits per heavy atom. The van der Waals surface area contributed by atoms with E-state index in [9.17, 15) is 9.59 Å². The van der Waals surface area contributed by atoms with Crippen molar-refractivity contribution in [1.82, 2.24) is 15.1 Å². The minimum absolute atomic E-state index is 0. The third-order valence-corrected chi connectivity index (χ3v) is 4.88. The number of carbonyl (C=O) groups excluding carboxylic acids is 2. The molecule has 2 amide bonds. The third kappa shape index (κ3) is 5.61. The standard InChI is InChI=1S/C19H27N3O3.ClH/c23-18(15-25-17-7-2-1-3-8-17)22-11-4-6-16(14-22)19(24)21-12-5-9-20-10-13-21;/h1-3,7-8,16,20H,4-6,9-15H2;1H. The molecule has 1 aromatic carbocycles. The van der Waals surface area contributed by atoms with Crippen LogP contribution in [0.15, 0.2) is 30.3 Å². The van der Waals surface area contributed by atoms with Crippen molar-refractivity contribution in [2.45, 2.75) is 19.3 Å². The van der Waals surface area contributed by atoms with Crippen molar-refractivity contribution >= 4 is 24.2 Å². The summed E-state index contributed by atoms with van der Waals surface area (Å²) in [6.07, 6.45) is 2.73. The number of likely N-dealkylation sites (tertiary alicyclic amines) is 1. The Kier molecular flexibility index (Phi) is 8.19. The number of hydrogen-bond acceptors (Lipinski definition) is 4. The molecule has 6 nitrogen and oxygen atoms in total. The highest BCUT2D eigenvalue weighted by molar-refractivity contribution is 5.85. The highest BCUT2D eigenvalue weighted by Gasteiger charge is 2.31. The maximum absolute atomic E-state index is 12.8. The Bertz CT molecular complexity index is 577. The number of benzene rings is 1. The van der Waals surface area contributed by atoms with E-state index < -0.39 is 0 Å².